The second-order valence-electron chi connectivity index (χ2n) is 9.21. The molecule has 4 rings (SSSR count). The number of rotatable bonds is 7. The summed E-state index contributed by atoms with van der Waals surface area (Å²) >= 11 is 0. The van der Waals surface area contributed by atoms with Crippen molar-refractivity contribution in [1.82, 2.24) is 5.32 Å². The van der Waals surface area contributed by atoms with Gasteiger partial charge in [0.2, 0.25) is 0 Å². The number of hydrogen-bond acceptors (Lipinski definition) is 4. The number of nitrogens with one attached hydrogen (secondary N) is 2. The highest BCUT2D eigenvalue weighted by molar-refractivity contribution is 7.92. The van der Waals surface area contributed by atoms with Gasteiger partial charge in [-0.2, -0.15) is 0 Å². The van der Waals surface area contributed by atoms with Crippen LogP contribution in [0.5, 0.6) is 5.75 Å². The zero-order chi connectivity index (χ0) is 25.2. The number of aryl methyl sites for hydroxylation is 2. The molecule has 3 aromatic rings. The van der Waals surface area contributed by atoms with Crippen molar-refractivity contribution < 1.29 is 17.9 Å². The van der Waals surface area contributed by atoms with Crippen LogP contribution < -0.4 is 14.8 Å². The average molecular weight is 493 g/mol. The quantitative estimate of drug-likeness (QED) is 0.429. The Hall–Kier alpha value is -3.32. The van der Waals surface area contributed by atoms with Gasteiger partial charge in [0, 0.05) is 17.5 Å². The van der Waals surface area contributed by atoms with Gasteiger partial charge in [0.25, 0.3) is 15.9 Å². The summed E-state index contributed by atoms with van der Waals surface area (Å²) in [6.07, 6.45) is 2.38. The molecule has 0 fully saturated rings. The van der Waals surface area contributed by atoms with Crippen LogP contribution in [0.25, 0.3) is 0 Å². The summed E-state index contributed by atoms with van der Waals surface area (Å²) < 4.78 is 34.5. The maximum absolute atomic E-state index is 13.2. The van der Waals surface area contributed by atoms with Crippen molar-refractivity contribution in [3.8, 4) is 5.75 Å². The molecule has 1 amide bonds. The van der Waals surface area contributed by atoms with E-state index in [1.165, 1.54) is 0 Å². The van der Waals surface area contributed by atoms with E-state index < -0.39 is 10.0 Å². The largest absolute Gasteiger partial charge is 0.487 e. The molecule has 1 aliphatic rings. The number of carbonyl (C=O) groups excluding carboxylic acids is 1. The molecule has 1 aliphatic heterocycles. The molecule has 0 saturated carbocycles. The molecule has 0 radical (unpaired) electrons. The Labute approximate surface area is 207 Å². The predicted molar refractivity (Wildman–Crippen MR) is 138 cm³/mol. The minimum atomic E-state index is -3.73. The molecule has 0 aromatic heterocycles. The van der Waals surface area contributed by atoms with Crippen LogP contribution in [-0.2, 0) is 10.0 Å². The van der Waals surface area contributed by atoms with Crippen LogP contribution in [0.3, 0.4) is 0 Å². The van der Waals surface area contributed by atoms with E-state index in [9.17, 15) is 13.2 Å². The van der Waals surface area contributed by atoms with E-state index >= 15 is 0 Å². The molecule has 1 atom stereocenters. The molecular formula is C28H32N2O4S. The zero-order valence-electron chi connectivity index (χ0n) is 20.6. The Morgan fingerprint density at radius 3 is 2.34 bits per heavy atom. The average Bonchev–Trinajstić information content (AvgIpc) is 2.85. The molecule has 0 bridgehead atoms. The Bertz CT molecular complexity index is 1330. The second kappa shape index (κ2) is 9.74. The lowest BCUT2D eigenvalue weighted by molar-refractivity contribution is 0.0227. The number of sulfonamides is 1. The third kappa shape index (κ3) is 5.20. The van der Waals surface area contributed by atoms with Crippen molar-refractivity contribution in [2.24, 2.45) is 0 Å². The monoisotopic (exact) mass is 492 g/mol. The Balaban J connectivity index is 1.54. The molecule has 2 N–H and O–H groups in total. The first-order valence-corrected chi connectivity index (χ1v) is 13.4. The molecule has 6 nitrogen and oxygen atoms in total. The number of amides is 1. The Kier molecular flexibility index (Phi) is 6.90. The lowest BCUT2D eigenvalue weighted by atomic mass is 9.83. The van der Waals surface area contributed by atoms with Crippen molar-refractivity contribution >= 4 is 21.6 Å². The molecule has 0 spiro atoms. The van der Waals surface area contributed by atoms with Crippen LogP contribution in [0.15, 0.2) is 71.6 Å². The summed E-state index contributed by atoms with van der Waals surface area (Å²) in [6, 6.07) is 19.3. The van der Waals surface area contributed by atoms with Crippen LogP contribution >= 0.6 is 0 Å². The van der Waals surface area contributed by atoms with E-state index in [-0.39, 0.29) is 22.4 Å². The maximum atomic E-state index is 13.2. The highest BCUT2D eigenvalue weighted by atomic mass is 32.2. The molecule has 0 aliphatic carbocycles. The minimum absolute atomic E-state index is 0.174. The smallest absolute Gasteiger partial charge is 0.261 e. The Morgan fingerprint density at radius 1 is 1.00 bits per heavy atom. The molecule has 0 saturated heterocycles. The van der Waals surface area contributed by atoms with Crippen molar-refractivity contribution in [2.75, 3.05) is 4.72 Å². The van der Waals surface area contributed by atoms with Crippen LogP contribution in [-0.4, -0.2) is 19.9 Å². The normalized spacial score (nSPS) is 16.6. The Morgan fingerprint density at radius 2 is 1.69 bits per heavy atom. The van der Waals surface area contributed by atoms with Gasteiger partial charge in [-0.05, 0) is 68.7 Å². The number of hydrogen-bond donors (Lipinski definition) is 2. The topological polar surface area (TPSA) is 84.5 Å². The van der Waals surface area contributed by atoms with Gasteiger partial charge < -0.3 is 10.1 Å². The van der Waals surface area contributed by atoms with Crippen LogP contribution in [0.4, 0.5) is 5.69 Å². The predicted octanol–water partition coefficient (Wildman–Crippen LogP) is 5.92. The SMILES string of the molecule is CCC1(CC)CC(NC(=O)c2ccc(NS(=O)(=O)c3ccc(C)cc3)c(C)c2)c2ccccc2O1. The van der Waals surface area contributed by atoms with Gasteiger partial charge in [0.05, 0.1) is 16.6 Å². The first-order chi connectivity index (χ1) is 16.7. The van der Waals surface area contributed by atoms with E-state index in [2.05, 4.69) is 23.9 Å². The molecule has 1 heterocycles. The van der Waals surface area contributed by atoms with Gasteiger partial charge in [-0.15, -0.1) is 0 Å². The lowest BCUT2D eigenvalue weighted by Crippen LogP contribution is -2.44. The number of ether oxygens (including phenoxy) is 1. The van der Waals surface area contributed by atoms with Crippen molar-refractivity contribution in [2.45, 2.75) is 63.5 Å². The van der Waals surface area contributed by atoms with E-state index in [1.807, 2.05) is 31.2 Å². The van der Waals surface area contributed by atoms with E-state index in [0.29, 0.717) is 23.2 Å². The van der Waals surface area contributed by atoms with E-state index in [4.69, 9.17) is 4.74 Å². The first-order valence-electron chi connectivity index (χ1n) is 12.0. The van der Waals surface area contributed by atoms with E-state index in [0.717, 1.165) is 29.7 Å². The number of benzene rings is 3. The number of fused-ring (bicyclic) bond motifs is 1. The van der Waals surface area contributed by atoms with Crippen LogP contribution in [0.2, 0.25) is 0 Å². The summed E-state index contributed by atoms with van der Waals surface area (Å²) in [5.41, 5.74) is 3.21. The van der Waals surface area contributed by atoms with Crippen molar-refractivity contribution in [1.29, 1.82) is 0 Å². The standard InChI is InChI=1S/C28H32N2O4S/c1-5-28(6-2)18-25(23-9-7-8-10-26(23)34-28)29-27(31)21-13-16-24(20(4)17-21)30-35(32,33)22-14-11-19(3)12-15-22/h7-17,25,30H,5-6,18H2,1-4H3,(H,29,31). The molecular weight excluding hydrogens is 460 g/mol. The first kappa shape index (κ1) is 24.8. The molecule has 35 heavy (non-hydrogen) atoms. The third-order valence-electron chi connectivity index (χ3n) is 6.86. The summed E-state index contributed by atoms with van der Waals surface area (Å²) in [4.78, 5) is 13.4. The summed E-state index contributed by atoms with van der Waals surface area (Å²) in [6.45, 7) is 7.90. The summed E-state index contributed by atoms with van der Waals surface area (Å²) in [5.74, 6) is 0.605. The second-order valence-corrected chi connectivity index (χ2v) is 10.9. The summed E-state index contributed by atoms with van der Waals surface area (Å²) in [7, 11) is -3.73. The molecule has 1 unspecified atom stereocenters. The van der Waals surface area contributed by atoms with Gasteiger partial charge in [-0.25, -0.2) is 8.42 Å². The van der Waals surface area contributed by atoms with Crippen molar-refractivity contribution in [3.05, 3.63) is 89.0 Å². The van der Waals surface area contributed by atoms with Gasteiger partial charge in [-0.3, -0.25) is 9.52 Å². The van der Waals surface area contributed by atoms with Gasteiger partial charge >= 0.3 is 0 Å². The fourth-order valence-electron chi connectivity index (χ4n) is 4.51. The molecule has 184 valence electrons. The van der Waals surface area contributed by atoms with Gasteiger partial charge in [0.15, 0.2) is 0 Å². The van der Waals surface area contributed by atoms with Crippen LogP contribution in [0, 0.1) is 13.8 Å². The number of carbonyl (C=O) groups is 1. The zero-order valence-corrected chi connectivity index (χ0v) is 21.4. The number of anilines is 1. The highest BCUT2D eigenvalue weighted by Gasteiger charge is 2.39. The lowest BCUT2D eigenvalue weighted by Gasteiger charge is -2.41. The van der Waals surface area contributed by atoms with Crippen LogP contribution in [0.1, 0.15) is 66.2 Å². The molecule has 7 heteroatoms. The van der Waals surface area contributed by atoms with Gasteiger partial charge in [0.1, 0.15) is 11.4 Å². The fraction of sp³-hybridized carbons (Fsp3) is 0.321. The molecule has 3 aromatic carbocycles. The van der Waals surface area contributed by atoms with Crippen molar-refractivity contribution in [3.63, 3.8) is 0 Å². The highest BCUT2D eigenvalue weighted by Crippen LogP contribution is 2.42. The maximum Gasteiger partial charge on any atom is 0.261 e. The fourth-order valence-corrected chi connectivity index (χ4v) is 5.64. The van der Waals surface area contributed by atoms with Gasteiger partial charge in [-0.1, -0.05) is 49.7 Å². The van der Waals surface area contributed by atoms with E-state index in [1.54, 1.807) is 49.4 Å². The summed E-state index contributed by atoms with van der Waals surface area (Å²) in [5, 5.41) is 3.18. The minimum Gasteiger partial charge on any atom is -0.487 e. The number of para-hydroxylation sites is 1. The third-order valence-corrected chi connectivity index (χ3v) is 8.24.